The van der Waals surface area contributed by atoms with Crippen molar-refractivity contribution in [1.29, 1.82) is 0 Å². The molecule has 1 aliphatic rings. The Morgan fingerprint density at radius 3 is 2.40 bits per heavy atom. The first-order valence-corrected chi connectivity index (χ1v) is 8.14. The van der Waals surface area contributed by atoms with Crippen LogP contribution >= 0.6 is 12.2 Å². The van der Waals surface area contributed by atoms with Crippen LogP contribution in [0.2, 0.25) is 0 Å². The van der Waals surface area contributed by atoms with Gasteiger partial charge in [-0.3, -0.25) is 0 Å². The molecular formula is C17H26N2S. The summed E-state index contributed by atoms with van der Waals surface area (Å²) in [6.45, 7) is 6.73. The molecule has 0 heterocycles. The molecule has 1 fully saturated rings. The summed E-state index contributed by atoms with van der Waals surface area (Å²) >= 11 is 5.43. The molecule has 0 aliphatic heterocycles. The second-order valence-corrected chi connectivity index (χ2v) is 6.65. The smallest absolute Gasteiger partial charge is 0.171 e. The van der Waals surface area contributed by atoms with Gasteiger partial charge in [0.1, 0.15) is 0 Å². The van der Waals surface area contributed by atoms with E-state index in [2.05, 4.69) is 55.7 Å². The average molecular weight is 290 g/mol. The third-order valence-corrected chi connectivity index (χ3v) is 4.48. The fourth-order valence-electron chi connectivity index (χ4n) is 2.82. The van der Waals surface area contributed by atoms with Crippen LogP contribution in [0.3, 0.4) is 0 Å². The van der Waals surface area contributed by atoms with Crippen LogP contribution in [0.1, 0.15) is 57.9 Å². The van der Waals surface area contributed by atoms with Gasteiger partial charge >= 0.3 is 0 Å². The predicted molar refractivity (Wildman–Crippen MR) is 91.3 cm³/mol. The zero-order valence-corrected chi connectivity index (χ0v) is 13.6. The van der Waals surface area contributed by atoms with E-state index in [1.165, 1.54) is 31.2 Å². The van der Waals surface area contributed by atoms with Crippen molar-refractivity contribution in [2.24, 2.45) is 5.92 Å². The standard InChI is InChI=1S/C17H26N2S/c1-12(2)14-8-10-15(11-9-14)18-17(20)19-16-7-5-4-6-13(16)3/h8-13,16H,4-7H2,1-3H3,(H2,18,19,20)/t13-,16-/m0/s1. The van der Waals surface area contributed by atoms with Gasteiger partial charge in [0.2, 0.25) is 0 Å². The maximum atomic E-state index is 5.43. The largest absolute Gasteiger partial charge is 0.359 e. The number of hydrogen-bond donors (Lipinski definition) is 2. The quantitative estimate of drug-likeness (QED) is 0.791. The molecule has 0 aromatic heterocycles. The molecule has 20 heavy (non-hydrogen) atoms. The van der Waals surface area contributed by atoms with Gasteiger partial charge in [-0.2, -0.15) is 0 Å². The van der Waals surface area contributed by atoms with Gasteiger partial charge in [0.15, 0.2) is 5.11 Å². The van der Waals surface area contributed by atoms with Gasteiger partial charge in [0.25, 0.3) is 0 Å². The highest BCUT2D eigenvalue weighted by atomic mass is 32.1. The van der Waals surface area contributed by atoms with Crippen molar-refractivity contribution < 1.29 is 0 Å². The van der Waals surface area contributed by atoms with Crippen LogP contribution in [0, 0.1) is 5.92 Å². The molecule has 1 saturated carbocycles. The topological polar surface area (TPSA) is 24.1 Å². The van der Waals surface area contributed by atoms with E-state index in [-0.39, 0.29) is 0 Å². The van der Waals surface area contributed by atoms with Crippen molar-refractivity contribution >= 4 is 23.0 Å². The molecule has 2 atom stereocenters. The highest BCUT2D eigenvalue weighted by Crippen LogP contribution is 2.24. The molecule has 3 heteroatoms. The Bertz CT molecular complexity index is 439. The van der Waals surface area contributed by atoms with Gasteiger partial charge in [-0.15, -0.1) is 0 Å². The first-order chi connectivity index (χ1) is 9.56. The lowest BCUT2D eigenvalue weighted by Gasteiger charge is -2.30. The van der Waals surface area contributed by atoms with Crippen molar-refractivity contribution in [3.63, 3.8) is 0 Å². The molecule has 110 valence electrons. The first-order valence-electron chi connectivity index (χ1n) is 7.73. The van der Waals surface area contributed by atoms with E-state index in [0.717, 1.165) is 10.8 Å². The Kier molecular flexibility index (Phi) is 5.41. The number of thiocarbonyl (C=S) groups is 1. The van der Waals surface area contributed by atoms with Crippen molar-refractivity contribution in [3.8, 4) is 0 Å². The number of anilines is 1. The van der Waals surface area contributed by atoms with E-state index in [0.29, 0.717) is 17.9 Å². The Balaban J connectivity index is 1.87. The molecule has 2 rings (SSSR count). The molecule has 0 amide bonds. The Hall–Kier alpha value is -1.09. The van der Waals surface area contributed by atoms with Gasteiger partial charge in [0.05, 0.1) is 0 Å². The van der Waals surface area contributed by atoms with E-state index < -0.39 is 0 Å². The summed E-state index contributed by atoms with van der Waals surface area (Å²) in [5.74, 6) is 1.28. The number of benzene rings is 1. The zero-order valence-electron chi connectivity index (χ0n) is 12.8. The van der Waals surface area contributed by atoms with E-state index >= 15 is 0 Å². The number of rotatable bonds is 3. The van der Waals surface area contributed by atoms with Crippen molar-refractivity contribution in [2.45, 2.75) is 58.4 Å². The minimum atomic E-state index is 0.527. The average Bonchev–Trinajstić information content (AvgIpc) is 2.42. The van der Waals surface area contributed by atoms with Crippen LogP contribution in [-0.4, -0.2) is 11.2 Å². The van der Waals surface area contributed by atoms with Crippen LogP contribution in [0.4, 0.5) is 5.69 Å². The second kappa shape index (κ2) is 7.07. The molecule has 2 nitrogen and oxygen atoms in total. The number of hydrogen-bond acceptors (Lipinski definition) is 1. The van der Waals surface area contributed by atoms with Crippen molar-refractivity contribution in [2.75, 3.05) is 5.32 Å². The fourth-order valence-corrected chi connectivity index (χ4v) is 3.09. The number of nitrogens with one attached hydrogen (secondary N) is 2. The molecule has 1 aromatic rings. The van der Waals surface area contributed by atoms with Gasteiger partial charge in [0, 0.05) is 11.7 Å². The molecule has 0 spiro atoms. The summed E-state index contributed by atoms with van der Waals surface area (Å²) in [5, 5.41) is 7.52. The van der Waals surface area contributed by atoms with Gasteiger partial charge in [-0.1, -0.05) is 45.7 Å². The van der Waals surface area contributed by atoms with Gasteiger partial charge < -0.3 is 10.6 Å². The summed E-state index contributed by atoms with van der Waals surface area (Å²) in [5.41, 5.74) is 2.42. The lowest BCUT2D eigenvalue weighted by molar-refractivity contribution is 0.309. The van der Waals surface area contributed by atoms with Crippen LogP contribution in [0.5, 0.6) is 0 Å². The zero-order chi connectivity index (χ0) is 14.5. The summed E-state index contributed by atoms with van der Waals surface area (Å²) in [7, 11) is 0. The minimum absolute atomic E-state index is 0.527. The maximum absolute atomic E-state index is 5.43. The van der Waals surface area contributed by atoms with E-state index in [4.69, 9.17) is 12.2 Å². The maximum Gasteiger partial charge on any atom is 0.171 e. The van der Waals surface area contributed by atoms with Crippen LogP contribution in [-0.2, 0) is 0 Å². The molecule has 2 N–H and O–H groups in total. The summed E-state index contributed by atoms with van der Waals surface area (Å²) in [4.78, 5) is 0. The van der Waals surface area contributed by atoms with Gasteiger partial charge in [-0.25, -0.2) is 0 Å². The minimum Gasteiger partial charge on any atom is -0.359 e. The fraction of sp³-hybridized carbons (Fsp3) is 0.588. The van der Waals surface area contributed by atoms with Crippen LogP contribution in [0.25, 0.3) is 0 Å². The lowest BCUT2D eigenvalue weighted by atomic mass is 9.86. The molecule has 0 saturated heterocycles. The Morgan fingerprint density at radius 2 is 1.80 bits per heavy atom. The van der Waals surface area contributed by atoms with Crippen LogP contribution in [0.15, 0.2) is 24.3 Å². The molecule has 0 unspecified atom stereocenters. The normalized spacial score (nSPS) is 22.6. The molecule has 1 aliphatic carbocycles. The van der Waals surface area contributed by atoms with Gasteiger partial charge in [-0.05, 0) is 54.6 Å². The third kappa shape index (κ3) is 4.20. The van der Waals surface area contributed by atoms with Crippen molar-refractivity contribution in [3.05, 3.63) is 29.8 Å². The Morgan fingerprint density at radius 1 is 1.15 bits per heavy atom. The lowest BCUT2D eigenvalue weighted by Crippen LogP contribution is -2.43. The SMILES string of the molecule is CC(C)c1ccc(NC(=S)N[C@H]2CCCC[C@@H]2C)cc1. The molecule has 0 bridgehead atoms. The van der Waals surface area contributed by atoms with E-state index in [9.17, 15) is 0 Å². The highest BCUT2D eigenvalue weighted by Gasteiger charge is 2.21. The van der Waals surface area contributed by atoms with E-state index in [1.807, 2.05) is 0 Å². The van der Waals surface area contributed by atoms with Crippen LogP contribution < -0.4 is 10.6 Å². The summed E-state index contributed by atoms with van der Waals surface area (Å²) in [6.07, 6.45) is 5.21. The summed E-state index contributed by atoms with van der Waals surface area (Å²) < 4.78 is 0. The second-order valence-electron chi connectivity index (χ2n) is 6.24. The summed E-state index contributed by atoms with van der Waals surface area (Å²) in [6, 6.07) is 9.07. The highest BCUT2D eigenvalue weighted by molar-refractivity contribution is 7.80. The first kappa shape index (κ1) is 15.3. The van der Waals surface area contributed by atoms with Crippen molar-refractivity contribution in [1.82, 2.24) is 5.32 Å². The predicted octanol–water partition coefficient (Wildman–Crippen LogP) is 4.68. The molecule has 1 aromatic carbocycles. The third-order valence-electron chi connectivity index (χ3n) is 4.26. The molecule has 0 radical (unpaired) electrons. The Labute approximate surface area is 128 Å². The van der Waals surface area contributed by atoms with E-state index in [1.54, 1.807) is 0 Å². The monoisotopic (exact) mass is 290 g/mol. The molecular weight excluding hydrogens is 264 g/mol.